The van der Waals surface area contributed by atoms with Crippen LogP contribution in [0, 0.1) is 0 Å². The average Bonchev–Trinajstić information content (AvgIpc) is 2.66. The molecule has 0 saturated carbocycles. The van der Waals surface area contributed by atoms with Gasteiger partial charge in [-0.25, -0.2) is 0 Å². The minimum Gasteiger partial charge on any atom is -0.464 e. The van der Waals surface area contributed by atoms with Gasteiger partial charge in [-0.2, -0.15) is 0 Å². The first kappa shape index (κ1) is 23.0. The van der Waals surface area contributed by atoms with Crippen LogP contribution in [0.25, 0.3) is 0 Å². The number of unbranched alkanes of at least 4 members (excludes halogenated alkanes) is 6. The Labute approximate surface area is 164 Å². The summed E-state index contributed by atoms with van der Waals surface area (Å²) in [6, 6.07) is 9.86. The molecule has 0 atom stereocenters. The zero-order valence-electron chi connectivity index (χ0n) is 17.0. The van der Waals surface area contributed by atoms with Gasteiger partial charge in [0, 0.05) is 19.0 Å². The van der Waals surface area contributed by atoms with Gasteiger partial charge in [-0.15, -0.1) is 0 Å². The predicted octanol–water partition coefficient (Wildman–Crippen LogP) is 4.74. The maximum absolute atomic E-state index is 11.9. The molecule has 0 saturated heterocycles. The highest BCUT2D eigenvalue weighted by atomic mass is 16.5. The van der Waals surface area contributed by atoms with Crippen molar-refractivity contribution in [1.29, 1.82) is 0 Å². The van der Waals surface area contributed by atoms with Crippen LogP contribution in [-0.4, -0.2) is 38.2 Å². The van der Waals surface area contributed by atoms with Crippen molar-refractivity contribution in [3.63, 3.8) is 0 Å². The third-order valence-electron chi connectivity index (χ3n) is 4.40. The molecule has 0 aliphatic rings. The molecule has 0 fully saturated rings. The zero-order valence-corrected chi connectivity index (χ0v) is 17.0. The lowest BCUT2D eigenvalue weighted by Gasteiger charge is -2.24. The van der Waals surface area contributed by atoms with Gasteiger partial charge in [0.2, 0.25) is 0 Å². The van der Waals surface area contributed by atoms with Gasteiger partial charge in [-0.1, -0.05) is 63.6 Å². The number of hydrogen-bond acceptors (Lipinski definition) is 5. The topological polar surface area (TPSA) is 55.8 Å². The molecule has 0 aliphatic heterocycles. The first-order valence-electron chi connectivity index (χ1n) is 10.2. The highest BCUT2D eigenvalue weighted by Gasteiger charge is 2.09. The second kappa shape index (κ2) is 15.1. The summed E-state index contributed by atoms with van der Waals surface area (Å²) in [6.45, 7) is 5.41. The molecule has 0 amide bonds. The van der Waals surface area contributed by atoms with Gasteiger partial charge < -0.3 is 14.4 Å². The van der Waals surface area contributed by atoms with Crippen molar-refractivity contribution in [2.24, 2.45) is 0 Å². The van der Waals surface area contributed by atoms with Crippen molar-refractivity contribution in [3.8, 4) is 0 Å². The molecule has 0 aromatic heterocycles. The lowest BCUT2D eigenvalue weighted by atomic mass is 10.1. The van der Waals surface area contributed by atoms with Crippen molar-refractivity contribution in [2.45, 2.75) is 65.2 Å². The Morgan fingerprint density at radius 3 is 2.07 bits per heavy atom. The van der Waals surface area contributed by atoms with Crippen LogP contribution in [0.3, 0.4) is 0 Å². The van der Waals surface area contributed by atoms with E-state index in [1.165, 1.54) is 39.0 Å². The van der Waals surface area contributed by atoms with Crippen molar-refractivity contribution in [3.05, 3.63) is 30.3 Å². The largest absolute Gasteiger partial charge is 0.464 e. The van der Waals surface area contributed by atoms with Crippen LogP contribution in [-0.2, 0) is 19.1 Å². The van der Waals surface area contributed by atoms with Crippen LogP contribution in [0.15, 0.2) is 30.3 Å². The first-order valence-corrected chi connectivity index (χ1v) is 10.2. The standard InChI is InChI=1S/C22H35NO4/c1-3-4-5-6-7-8-12-15-22(25)27-19-17-23(16-18-26-20(2)24)21-13-10-9-11-14-21/h9-11,13-14H,3-8,12,15-19H2,1-2H3. The fourth-order valence-electron chi connectivity index (χ4n) is 2.88. The molecule has 5 nitrogen and oxygen atoms in total. The van der Waals surface area contributed by atoms with Crippen LogP contribution in [0.4, 0.5) is 5.69 Å². The molecule has 1 aromatic carbocycles. The highest BCUT2D eigenvalue weighted by Crippen LogP contribution is 2.13. The molecule has 0 unspecified atom stereocenters. The summed E-state index contributed by atoms with van der Waals surface area (Å²) < 4.78 is 10.4. The molecule has 0 N–H and O–H groups in total. The number of benzene rings is 1. The van der Waals surface area contributed by atoms with E-state index in [-0.39, 0.29) is 11.9 Å². The molecular weight excluding hydrogens is 342 g/mol. The second-order valence-electron chi connectivity index (χ2n) is 6.75. The summed E-state index contributed by atoms with van der Waals surface area (Å²) in [5, 5.41) is 0. The zero-order chi connectivity index (χ0) is 19.7. The van der Waals surface area contributed by atoms with Crippen molar-refractivity contribution < 1.29 is 19.1 Å². The summed E-state index contributed by atoms with van der Waals surface area (Å²) >= 11 is 0. The number of ether oxygens (including phenoxy) is 2. The van der Waals surface area contributed by atoms with E-state index >= 15 is 0 Å². The molecular formula is C22H35NO4. The van der Waals surface area contributed by atoms with Crippen LogP contribution >= 0.6 is 0 Å². The third-order valence-corrected chi connectivity index (χ3v) is 4.40. The van der Waals surface area contributed by atoms with E-state index in [0.29, 0.717) is 32.7 Å². The van der Waals surface area contributed by atoms with E-state index in [9.17, 15) is 9.59 Å². The number of rotatable bonds is 15. The Morgan fingerprint density at radius 1 is 0.852 bits per heavy atom. The first-order chi connectivity index (χ1) is 13.1. The molecule has 1 aromatic rings. The van der Waals surface area contributed by atoms with Gasteiger partial charge in [-0.05, 0) is 18.6 Å². The maximum atomic E-state index is 11.9. The van der Waals surface area contributed by atoms with E-state index in [0.717, 1.165) is 18.5 Å². The van der Waals surface area contributed by atoms with Crippen LogP contribution in [0.1, 0.15) is 65.2 Å². The molecule has 1 rings (SSSR count). The number of para-hydroxylation sites is 1. The highest BCUT2D eigenvalue weighted by molar-refractivity contribution is 5.69. The lowest BCUT2D eigenvalue weighted by Crippen LogP contribution is -2.32. The molecule has 0 radical (unpaired) electrons. The van der Waals surface area contributed by atoms with Gasteiger partial charge >= 0.3 is 11.9 Å². The average molecular weight is 378 g/mol. The third kappa shape index (κ3) is 12.1. The fraction of sp³-hybridized carbons (Fsp3) is 0.636. The minimum absolute atomic E-state index is 0.128. The van der Waals surface area contributed by atoms with E-state index in [1.54, 1.807) is 0 Å². The number of hydrogen-bond donors (Lipinski definition) is 0. The normalized spacial score (nSPS) is 10.4. The summed E-state index contributed by atoms with van der Waals surface area (Å²) in [4.78, 5) is 24.9. The van der Waals surface area contributed by atoms with Gasteiger partial charge in [0.1, 0.15) is 13.2 Å². The summed E-state index contributed by atoms with van der Waals surface area (Å²) in [7, 11) is 0. The van der Waals surface area contributed by atoms with Crippen molar-refractivity contribution in [2.75, 3.05) is 31.2 Å². The molecule has 5 heteroatoms. The monoisotopic (exact) mass is 377 g/mol. The molecule has 0 heterocycles. The summed E-state index contributed by atoms with van der Waals surface area (Å²) in [6.07, 6.45) is 8.81. The summed E-state index contributed by atoms with van der Waals surface area (Å²) in [5.41, 5.74) is 1.02. The van der Waals surface area contributed by atoms with Gasteiger partial charge in [0.15, 0.2) is 0 Å². The number of carbonyl (C=O) groups excluding carboxylic acids is 2. The van der Waals surface area contributed by atoms with Crippen molar-refractivity contribution >= 4 is 17.6 Å². The molecule has 0 bridgehead atoms. The van der Waals surface area contributed by atoms with Crippen LogP contribution in [0.2, 0.25) is 0 Å². The SMILES string of the molecule is CCCCCCCCCC(=O)OCCN(CCOC(C)=O)c1ccccc1. The van der Waals surface area contributed by atoms with Gasteiger partial charge in [0.05, 0.1) is 13.1 Å². The van der Waals surface area contributed by atoms with E-state index < -0.39 is 0 Å². The quantitative estimate of drug-likeness (QED) is 0.326. The molecule has 0 spiro atoms. The number of esters is 2. The van der Waals surface area contributed by atoms with E-state index in [2.05, 4.69) is 11.8 Å². The van der Waals surface area contributed by atoms with Gasteiger partial charge in [-0.3, -0.25) is 9.59 Å². The Hall–Kier alpha value is -2.04. The Morgan fingerprint density at radius 2 is 1.44 bits per heavy atom. The number of nitrogens with zero attached hydrogens (tertiary/aromatic N) is 1. The predicted molar refractivity (Wildman–Crippen MR) is 109 cm³/mol. The van der Waals surface area contributed by atoms with Gasteiger partial charge in [0.25, 0.3) is 0 Å². The van der Waals surface area contributed by atoms with Crippen molar-refractivity contribution in [1.82, 2.24) is 0 Å². The smallest absolute Gasteiger partial charge is 0.305 e. The molecule has 0 aliphatic carbocycles. The molecule has 27 heavy (non-hydrogen) atoms. The summed E-state index contributed by atoms with van der Waals surface area (Å²) in [5.74, 6) is -0.416. The second-order valence-corrected chi connectivity index (χ2v) is 6.75. The minimum atomic E-state index is -0.288. The molecule has 152 valence electrons. The fourth-order valence-corrected chi connectivity index (χ4v) is 2.88. The maximum Gasteiger partial charge on any atom is 0.305 e. The Balaban J connectivity index is 2.23. The number of anilines is 1. The van der Waals surface area contributed by atoms with Crippen LogP contribution in [0.5, 0.6) is 0 Å². The van der Waals surface area contributed by atoms with Crippen LogP contribution < -0.4 is 4.90 Å². The van der Waals surface area contributed by atoms with E-state index in [1.807, 2.05) is 30.3 Å². The Bertz CT molecular complexity index is 518. The number of carbonyl (C=O) groups is 2. The van der Waals surface area contributed by atoms with E-state index in [4.69, 9.17) is 9.47 Å². The lowest BCUT2D eigenvalue weighted by molar-refractivity contribution is -0.143. The Kier molecular flexibility index (Phi) is 12.8.